The number of hydrogen-bond donors (Lipinski definition) is 1. The third-order valence-electron chi connectivity index (χ3n) is 6.67. The Morgan fingerprint density at radius 1 is 1.16 bits per heavy atom. The van der Waals surface area contributed by atoms with Crippen molar-refractivity contribution in [2.75, 3.05) is 18.1 Å². The first kappa shape index (κ1) is 22.6. The van der Waals surface area contributed by atoms with Gasteiger partial charge >= 0.3 is 6.03 Å². The Morgan fingerprint density at radius 3 is 2.44 bits per heavy atom. The monoisotopic (exact) mass is 469 g/mol. The number of hydrogen-bond acceptors (Lipinski definition) is 5. The summed E-state index contributed by atoms with van der Waals surface area (Å²) in [6.07, 6.45) is 3.66. The number of sulfone groups is 1. The van der Waals surface area contributed by atoms with Gasteiger partial charge in [-0.15, -0.1) is 0 Å². The van der Waals surface area contributed by atoms with E-state index in [1.807, 2.05) is 0 Å². The van der Waals surface area contributed by atoms with Crippen LogP contribution in [-0.2, 0) is 25.0 Å². The molecule has 32 heavy (non-hydrogen) atoms. The van der Waals surface area contributed by atoms with Crippen LogP contribution in [0.4, 0.5) is 13.6 Å². The van der Waals surface area contributed by atoms with Crippen molar-refractivity contribution in [1.82, 2.24) is 15.1 Å². The van der Waals surface area contributed by atoms with Crippen molar-refractivity contribution in [2.45, 2.75) is 56.7 Å². The highest BCUT2D eigenvalue weighted by Gasteiger charge is 2.50. The van der Waals surface area contributed by atoms with E-state index in [-0.39, 0.29) is 23.1 Å². The van der Waals surface area contributed by atoms with Crippen molar-refractivity contribution in [3.8, 4) is 0 Å². The standard InChI is InChI=1S/C21H25F2N3O5S/c1-21(13-6-7-16(22)17(23)10-13)19(28)25(20(29)24-21)11-18(27)26(14-4-2-3-5-14)15-8-9-32(30,31)12-15/h6-7,10,14-15H,2-5,8-9,11-12H2,1H3,(H,24,29). The maximum absolute atomic E-state index is 13.7. The van der Waals surface area contributed by atoms with Crippen molar-refractivity contribution in [1.29, 1.82) is 0 Å². The zero-order chi connectivity index (χ0) is 23.3. The molecule has 11 heteroatoms. The van der Waals surface area contributed by atoms with Gasteiger partial charge in [0, 0.05) is 12.1 Å². The third-order valence-corrected chi connectivity index (χ3v) is 8.42. The van der Waals surface area contributed by atoms with Crippen LogP contribution in [0.2, 0.25) is 0 Å². The molecular formula is C21H25F2N3O5S. The minimum atomic E-state index is -3.23. The van der Waals surface area contributed by atoms with E-state index < -0.39 is 57.4 Å². The van der Waals surface area contributed by atoms with Crippen LogP contribution in [0.25, 0.3) is 0 Å². The molecule has 1 aromatic carbocycles. The number of halogens is 2. The van der Waals surface area contributed by atoms with Gasteiger partial charge in [-0.2, -0.15) is 0 Å². The van der Waals surface area contributed by atoms with Gasteiger partial charge in [0.1, 0.15) is 12.1 Å². The van der Waals surface area contributed by atoms with E-state index in [4.69, 9.17) is 0 Å². The van der Waals surface area contributed by atoms with Gasteiger partial charge in [-0.3, -0.25) is 14.5 Å². The molecule has 0 spiro atoms. The molecule has 2 atom stereocenters. The second-order valence-corrected chi connectivity index (χ2v) is 11.1. The molecule has 1 N–H and O–H groups in total. The van der Waals surface area contributed by atoms with E-state index in [9.17, 15) is 31.6 Å². The van der Waals surface area contributed by atoms with Gasteiger partial charge in [0.05, 0.1) is 11.5 Å². The SMILES string of the molecule is CC1(c2ccc(F)c(F)c2)NC(=O)N(CC(=O)N(C2CCCC2)C2CCS(=O)(=O)C2)C1=O. The molecule has 0 bridgehead atoms. The zero-order valence-electron chi connectivity index (χ0n) is 17.6. The molecule has 0 radical (unpaired) electrons. The second kappa shape index (κ2) is 8.09. The van der Waals surface area contributed by atoms with Crippen LogP contribution >= 0.6 is 0 Å². The highest BCUT2D eigenvalue weighted by molar-refractivity contribution is 7.91. The Labute approximate surface area is 184 Å². The van der Waals surface area contributed by atoms with Gasteiger partial charge in [-0.1, -0.05) is 18.9 Å². The van der Waals surface area contributed by atoms with Gasteiger partial charge in [0.2, 0.25) is 5.91 Å². The van der Waals surface area contributed by atoms with E-state index in [1.165, 1.54) is 13.0 Å². The van der Waals surface area contributed by atoms with Crippen molar-refractivity contribution in [3.05, 3.63) is 35.4 Å². The van der Waals surface area contributed by atoms with E-state index in [0.29, 0.717) is 6.42 Å². The number of nitrogens with zero attached hydrogens (tertiary/aromatic N) is 2. The van der Waals surface area contributed by atoms with Gasteiger partial charge in [0.15, 0.2) is 21.5 Å². The predicted molar refractivity (Wildman–Crippen MR) is 110 cm³/mol. The van der Waals surface area contributed by atoms with E-state index in [1.54, 1.807) is 4.90 Å². The summed E-state index contributed by atoms with van der Waals surface area (Å²) < 4.78 is 51.0. The Bertz CT molecular complexity index is 1070. The fourth-order valence-electron chi connectivity index (χ4n) is 4.94. The molecule has 2 unspecified atom stereocenters. The lowest BCUT2D eigenvalue weighted by Gasteiger charge is -2.35. The number of urea groups is 1. The summed E-state index contributed by atoms with van der Waals surface area (Å²) in [5.74, 6) is -3.60. The van der Waals surface area contributed by atoms with Crippen LogP contribution in [0.5, 0.6) is 0 Å². The van der Waals surface area contributed by atoms with Crippen LogP contribution in [0.15, 0.2) is 18.2 Å². The van der Waals surface area contributed by atoms with Crippen molar-refractivity contribution in [3.63, 3.8) is 0 Å². The summed E-state index contributed by atoms with van der Waals surface area (Å²) in [5.41, 5.74) is -1.60. The molecular weight excluding hydrogens is 444 g/mol. The smallest absolute Gasteiger partial charge is 0.325 e. The molecule has 174 valence electrons. The summed E-state index contributed by atoms with van der Waals surface area (Å²) in [6, 6.07) is 1.49. The molecule has 3 fully saturated rings. The van der Waals surface area contributed by atoms with Gasteiger partial charge < -0.3 is 10.2 Å². The highest BCUT2D eigenvalue weighted by Crippen LogP contribution is 2.32. The number of benzene rings is 1. The van der Waals surface area contributed by atoms with Crippen LogP contribution in [0.1, 0.15) is 44.6 Å². The number of carbonyl (C=O) groups excluding carboxylic acids is 3. The number of rotatable bonds is 5. The first-order chi connectivity index (χ1) is 15.0. The minimum Gasteiger partial charge on any atom is -0.334 e. The summed E-state index contributed by atoms with van der Waals surface area (Å²) in [5, 5.41) is 2.47. The zero-order valence-corrected chi connectivity index (χ0v) is 18.5. The normalized spacial score (nSPS) is 27.7. The van der Waals surface area contributed by atoms with Crippen LogP contribution < -0.4 is 5.32 Å². The maximum atomic E-state index is 13.7. The topological polar surface area (TPSA) is 104 Å². The molecule has 1 aromatic rings. The van der Waals surface area contributed by atoms with Gasteiger partial charge in [-0.25, -0.2) is 22.0 Å². The largest absolute Gasteiger partial charge is 0.334 e. The van der Waals surface area contributed by atoms with Crippen molar-refractivity contribution >= 4 is 27.7 Å². The molecule has 4 rings (SSSR count). The number of amides is 4. The molecule has 0 aromatic heterocycles. The first-order valence-corrected chi connectivity index (χ1v) is 12.5. The summed E-state index contributed by atoms with van der Waals surface area (Å²) in [4.78, 5) is 41.3. The van der Waals surface area contributed by atoms with Crippen LogP contribution in [0, 0.1) is 11.6 Å². The fourth-order valence-corrected chi connectivity index (χ4v) is 6.65. The summed E-state index contributed by atoms with van der Waals surface area (Å²) in [7, 11) is -3.23. The lowest BCUT2D eigenvalue weighted by Crippen LogP contribution is -2.51. The molecule has 2 heterocycles. The van der Waals surface area contributed by atoms with E-state index in [2.05, 4.69) is 5.32 Å². The molecule has 2 aliphatic heterocycles. The summed E-state index contributed by atoms with van der Waals surface area (Å²) >= 11 is 0. The lowest BCUT2D eigenvalue weighted by molar-refractivity contribution is -0.141. The Hall–Kier alpha value is -2.56. The number of imide groups is 1. The quantitative estimate of drug-likeness (QED) is 0.661. The Balaban J connectivity index is 1.56. The van der Waals surface area contributed by atoms with E-state index >= 15 is 0 Å². The third kappa shape index (κ3) is 3.98. The van der Waals surface area contributed by atoms with Crippen molar-refractivity contribution in [2.24, 2.45) is 0 Å². The molecule has 8 nitrogen and oxygen atoms in total. The predicted octanol–water partition coefficient (Wildman–Crippen LogP) is 1.69. The minimum absolute atomic E-state index is 0.00546. The lowest BCUT2D eigenvalue weighted by atomic mass is 9.92. The van der Waals surface area contributed by atoms with Crippen LogP contribution in [-0.4, -0.2) is 66.2 Å². The molecule has 4 amide bonds. The highest BCUT2D eigenvalue weighted by atomic mass is 32.2. The first-order valence-electron chi connectivity index (χ1n) is 10.6. The average molecular weight is 470 g/mol. The van der Waals surface area contributed by atoms with Gasteiger partial charge in [0.25, 0.3) is 5.91 Å². The molecule has 2 saturated heterocycles. The molecule has 1 aliphatic carbocycles. The number of carbonyl (C=O) groups is 3. The Morgan fingerprint density at radius 2 is 1.84 bits per heavy atom. The molecule has 3 aliphatic rings. The average Bonchev–Trinajstić information content (AvgIpc) is 3.41. The molecule has 1 saturated carbocycles. The second-order valence-electron chi connectivity index (χ2n) is 8.87. The fraction of sp³-hybridized carbons (Fsp3) is 0.571. The van der Waals surface area contributed by atoms with E-state index in [0.717, 1.165) is 42.7 Å². The maximum Gasteiger partial charge on any atom is 0.325 e. The summed E-state index contributed by atoms with van der Waals surface area (Å²) in [6.45, 7) is 0.819. The number of nitrogens with one attached hydrogen (secondary N) is 1. The van der Waals surface area contributed by atoms with Gasteiger partial charge in [-0.05, 0) is 43.9 Å². The van der Waals surface area contributed by atoms with Crippen LogP contribution in [0.3, 0.4) is 0 Å². The Kier molecular flexibility index (Phi) is 5.72. The van der Waals surface area contributed by atoms with Crippen molar-refractivity contribution < 1.29 is 31.6 Å².